The summed E-state index contributed by atoms with van der Waals surface area (Å²) in [6.07, 6.45) is 7.51. The number of hydrogen-bond donors (Lipinski definition) is 2. The van der Waals surface area contributed by atoms with Gasteiger partial charge in [-0.05, 0) is 80.6 Å². The smallest absolute Gasteiger partial charge is 0.319 e. The van der Waals surface area contributed by atoms with E-state index in [9.17, 15) is 9.18 Å². The molecule has 2 N–H and O–H groups in total. The first-order valence-electron chi connectivity index (χ1n) is 14.0. The van der Waals surface area contributed by atoms with Gasteiger partial charge < -0.3 is 29.6 Å². The summed E-state index contributed by atoms with van der Waals surface area (Å²) in [4.78, 5) is 17.1. The van der Waals surface area contributed by atoms with Crippen LogP contribution in [0.1, 0.15) is 50.6 Å². The van der Waals surface area contributed by atoms with E-state index in [1.807, 2.05) is 13.0 Å². The number of amides is 2. The van der Waals surface area contributed by atoms with Crippen LogP contribution in [0.2, 0.25) is 0 Å². The lowest BCUT2D eigenvalue weighted by Gasteiger charge is -2.27. The maximum atomic E-state index is 13.2. The highest BCUT2D eigenvalue weighted by atomic mass is 19.1. The molecule has 0 spiro atoms. The normalized spacial score (nSPS) is 15.7. The van der Waals surface area contributed by atoms with Crippen LogP contribution in [-0.2, 0) is 0 Å². The molecule has 212 valence electrons. The van der Waals surface area contributed by atoms with Gasteiger partial charge in [-0.2, -0.15) is 0 Å². The molecule has 2 heterocycles. The number of nitrogens with one attached hydrogen (secondary N) is 2. The molecular weight excluding hydrogens is 525 g/mol. The van der Waals surface area contributed by atoms with Crippen molar-refractivity contribution in [2.75, 3.05) is 18.5 Å². The number of hydrogen-bond acceptors (Lipinski definition) is 6. The molecule has 1 aromatic heterocycles. The first-order valence-corrected chi connectivity index (χ1v) is 14.0. The van der Waals surface area contributed by atoms with Gasteiger partial charge in [0.15, 0.2) is 11.5 Å². The van der Waals surface area contributed by atoms with E-state index in [-0.39, 0.29) is 24.0 Å². The van der Waals surface area contributed by atoms with Crippen molar-refractivity contribution in [1.29, 1.82) is 0 Å². The highest BCUT2D eigenvalue weighted by Gasteiger charge is 2.26. The minimum absolute atomic E-state index is 0.163. The summed E-state index contributed by atoms with van der Waals surface area (Å²) in [6, 6.07) is 16.1. The van der Waals surface area contributed by atoms with Gasteiger partial charge in [-0.25, -0.2) is 9.18 Å². The van der Waals surface area contributed by atoms with E-state index < -0.39 is 0 Å². The maximum Gasteiger partial charge on any atom is 0.319 e. The summed E-state index contributed by atoms with van der Waals surface area (Å²) in [7, 11) is 0. The molecule has 6 rings (SSSR count). The van der Waals surface area contributed by atoms with Crippen LogP contribution in [0.4, 0.5) is 14.9 Å². The monoisotopic (exact) mass is 557 g/mol. The van der Waals surface area contributed by atoms with E-state index in [0.29, 0.717) is 53.2 Å². The third-order valence-corrected chi connectivity index (χ3v) is 7.35. The highest BCUT2D eigenvalue weighted by Crippen LogP contribution is 2.49. The molecule has 1 fully saturated rings. The van der Waals surface area contributed by atoms with E-state index in [4.69, 9.17) is 18.9 Å². The summed E-state index contributed by atoms with van der Waals surface area (Å²) in [5.74, 6) is 2.66. The first kappa shape index (κ1) is 26.7. The molecule has 1 aliphatic heterocycles. The predicted octanol–water partition coefficient (Wildman–Crippen LogP) is 7.53. The minimum atomic E-state index is -0.370. The third kappa shape index (κ3) is 6.14. The number of carbonyl (C=O) groups is 1. The Kier molecular flexibility index (Phi) is 7.75. The molecule has 0 radical (unpaired) electrons. The Balaban J connectivity index is 1.17. The predicted molar refractivity (Wildman–Crippen MR) is 154 cm³/mol. The zero-order chi connectivity index (χ0) is 28.2. The number of carbonyl (C=O) groups excluding carboxylic acids is 1. The largest absolute Gasteiger partial charge is 0.486 e. The molecule has 8 nitrogen and oxygen atoms in total. The van der Waals surface area contributed by atoms with Gasteiger partial charge in [0, 0.05) is 18.0 Å². The molecule has 3 aromatic carbocycles. The number of fused-ring (bicyclic) bond motifs is 3. The highest BCUT2D eigenvalue weighted by molar-refractivity contribution is 5.95. The number of benzene rings is 3. The molecule has 2 aliphatic rings. The summed E-state index contributed by atoms with van der Waals surface area (Å²) < 4.78 is 37.9. The molecule has 2 amide bonds. The summed E-state index contributed by atoms with van der Waals surface area (Å²) in [6.45, 7) is 2.70. The third-order valence-electron chi connectivity index (χ3n) is 7.35. The van der Waals surface area contributed by atoms with E-state index in [0.717, 1.165) is 23.8 Å². The van der Waals surface area contributed by atoms with Gasteiger partial charge in [0.2, 0.25) is 5.75 Å². The van der Waals surface area contributed by atoms with Crippen molar-refractivity contribution in [1.82, 2.24) is 10.3 Å². The van der Waals surface area contributed by atoms with Crippen LogP contribution in [0.15, 0.2) is 66.9 Å². The van der Waals surface area contributed by atoms with Crippen molar-refractivity contribution in [2.24, 2.45) is 0 Å². The van der Waals surface area contributed by atoms with Crippen LogP contribution in [0.5, 0.6) is 28.7 Å². The van der Waals surface area contributed by atoms with Gasteiger partial charge in [0.1, 0.15) is 30.5 Å². The van der Waals surface area contributed by atoms with Crippen molar-refractivity contribution in [3.05, 3.63) is 78.2 Å². The minimum Gasteiger partial charge on any atom is -0.486 e. The Morgan fingerprint density at radius 2 is 1.68 bits per heavy atom. The van der Waals surface area contributed by atoms with Gasteiger partial charge in [-0.15, -0.1) is 0 Å². The lowest BCUT2D eigenvalue weighted by Crippen LogP contribution is -2.31. The van der Waals surface area contributed by atoms with Crippen LogP contribution >= 0.6 is 0 Å². The molecule has 1 atom stereocenters. The fourth-order valence-corrected chi connectivity index (χ4v) is 5.24. The number of rotatable bonds is 7. The summed E-state index contributed by atoms with van der Waals surface area (Å²) >= 11 is 0. The number of halogens is 1. The van der Waals surface area contributed by atoms with Gasteiger partial charge in [0.05, 0.1) is 23.0 Å². The van der Waals surface area contributed by atoms with Crippen molar-refractivity contribution in [3.8, 4) is 28.7 Å². The van der Waals surface area contributed by atoms with Gasteiger partial charge in [0.25, 0.3) is 0 Å². The molecule has 1 aliphatic carbocycles. The molecule has 1 saturated carbocycles. The molecule has 9 heteroatoms. The fraction of sp³-hybridized carbons (Fsp3) is 0.312. The Hall–Kier alpha value is -4.53. The zero-order valence-corrected chi connectivity index (χ0v) is 22.8. The lowest BCUT2D eigenvalue weighted by atomic mass is 9.98. The van der Waals surface area contributed by atoms with E-state index in [2.05, 4.69) is 15.6 Å². The molecular formula is C32H32FN3O5. The average molecular weight is 558 g/mol. The Bertz CT molecular complexity index is 1520. The molecule has 0 bridgehead atoms. The Morgan fingerprint density at radius 3 is 2.44 bits per heavy atom. The number of nitrogens with zero attached hydrogens (tertiary/aromatic N) is 1. The van der Waals surface area contributed by atoms with Crippen LogP contribution < -0.4 is 29.6 Å². The second kappa shape index (κ2) is 11.9. The first-order chi connectivity index (χ1) is 20.0. The second-order valence-corrected chi connectivity index (χ2v) is 10.3. The van der Waals surface area contributed by atoms with Crippen molar-refractivity contribution < 1.29 is 28.1 Å². The second-order valence-electron chi connectivity index (χ2n) is 10.3. The zero-order valence-electron chi connectivity index (χ0n) is 22.8. The maximum absolute atomic E-state index is 13.2. The molecule has 41 heavy (non-hydrogen) atoms. The SMILES string of the molecule is C[C@H](NC(=O)Nc1ccc(Oc2ccnc3cc(OC4CCCCC4)c4c(c23)OCCO4)cc1)c1ccc(F)cc1. The number of anilines is 1. The van der Waals surface area contributed by atoms with E-state index in [1.54, 1.807) is 48.7 Å². The average Bonchev–Trinajstić information content (AvgIpc) is 2.99. The van der Waals surface area contributed by atoms with Gasteiger partial charge >= 0.3 is 6.03 Å². The topological polar surface area (TPSA) is 90.9 Å². The van der Waals surface area contributed by atoms with Crippen molar-refractivity contribution >= 4 is 22.6 Å². The van der Waals surface area contributed by atoms with Crippen molar-refractivity contribution in [3.63, 3.8) is 0 Å². The number of ether oxygens (including phenoxy) is 4. The quantitative estimate of drug-likeness (QED) is 0.244. The van der Waals surface area contributed by atoms with E-state index in [1.165, 1.54) is 31.4 Å². The molecule has 4 aromatic rings. The number of pyridine rings is 1. The van der Waals surface area contributed by atoms with E-state index >= 15 is 0 Å². The van der Waals surface area contributed by atoms with Crippen LogP contribution in [-0.4, -0.2) is 30.3 Å². The van der Waals surface area contributed by atoms with Crippen LogP contribution in [0.25, 0.3) is 10.9 Å². The standard InChI is InChI=1S/C32H32FN3O5/c1-20(21-7-9-22(33)10-8-21)35-32(37)36-23-11-13-25(14-12-23)40-27-15-16-34-26-19-28(41-24-5-3-2-4-6-24)30-31(29(26)27)39-18-17-38-30/h7-16,19-20,24H,2-6,17-18H2,1H3,(H2,35,36,37)/t20-/m0/s1. The molecule has 0 saturated heterocycles. The van der Waals surface area contributed by atoms with Crippen LogP contribution in [0.3, 0.4) is 0 Å². The summed E-state index contributed by atoms with van der Waals surface area (Å²) in [5.41, 5.74) is 2.10. The van der Waals surface area contributed by atoms with Crippen LogP contribution in [0, 0.1) is 5.82 Å². The Labute approximate surface area is 237 Å². The van der Waals surface area contributed by atoms with Gasteiger partial charge in [-0.1, -0.05) is 18.6 Å². The van der Waals surface area contributed by atoms with Gasteiger partial charge in [-0.3, -0.25) is 4.98 Å². The number of aromatic nitrogens is 1. The van der Waals surface area contributed by atoms with Crippen molar-refractivity contribution in [2.45, 2.75) is 51.2 Å². The molecule has 0 unspecified atom stereocenters. The number of urea groups is 1. The fourth-order valence-electron chi connectivity index (χ4n) is 5.24. The Morgan fingerprint density at radius 1 is 0.951 bits per heavy atom. The lowest BCUT2D eigenvalue weighted by molar-refractivity contribution is 0.130. The summed E-state index contributed by atoms with van der Waals surface area (Å²) in [5, 5.41) is 6.38.